The Bertz CT molecular complexity index is 1020. The minimum absolute atomic E-state index is 0.171. The van der Waals surface area contributed by atoms with Gasteiger partial charge in [0.05, 0.1) is 19.0 Å². The Morgan fingerprint density at radius 3 is 2.56 bits per heavy atom. The molecular formula is C16H18ClN5O3. The zero-order chi connectivity index (χ0) is 18.1. The molecule has 9 heteroatoms. The van der Waals surface area contributed by atoms with E-state index in [1.807, 2.05) is 12.1 Å². The van der Waals surface area contributed by atoms with Crippen LogP contribution in [0.3, 0.4) is 0 Å². The standard InChI is InChI=1S/C16H18ClN5O3/c1-20-14-13(15(24)21(2)16(20)25)22(9-19-14)8-12(23)7-18-11-5-3-10(17)4-6-11/h3-6,9,12,18,23H,7-8H2,1-2H3/t12-/m1/s1. The quantitative estimate of drug-likeness (QED) is 0.690. The molecule has 0 radical (unpaired) electrons. The van der Waals surface area contributed by atoms with Crippen molar-refractivity contribution in [3.63, 3.8) is 0 Å². The van der Waals surface area contributed by atoms with Gasteiger partial charge in [0.15, 0.2) is 11.2 Å². The Morgan fingerprint density at radius 2 is 1.88 bits per heavy atom. The summed E-state index contributed by atoms with van der Waals surface area (Å²) in [4.78, 5) is 28.4. The van der Waals surface area contributed by atoms with Gasteiger partial charge in [-0.1, -0.05) is 11.6 Å². The molecule has 2 aromatic heterocycles. The summed E-state index contributed by atoms with van der Waals surface area (Å²) in [6.07, 6.45) is 0.701. The molecule has 2 heterocycles. The van der Waals surface area contributed by atoms with Gasteiger partial charge in [-0.15, -0.1) is 0 Å². The lowest BCUT2D eigenvalue weighted by Gasteiger charge is -2.14. The number of aryl methyl sites for hydroxylation is 1. The van der Waals surface area contributed by atoms with Gasteiger partial charge in [-0.25, -0.2) is 9.78 Å². The Kier molecular flexibility index (Phi) is 4.65. The number of aliphatic hydroxyl groups excluding tert-OH is 1. The summed E-state index contributed by atoms with van der Waals surface area (Å²) >= 11 is 5.83. The maximum Gasteiger partial charge on any atom is 0.332 e. The van der Waals surface area contributed by atoms with Crippen molar-refractivity contribution >= 4 is 28.5 Å². The summed E-state index contributed by atoms with van der Waals surface area (Å²) < 4.78 is 3.90. The molecule has 0 bridgehead atoms. The number of fused-ring (bicyclic) bond motifs is 1. The number of halogens is 1. The van der Waals surface area contributed by atoms with Gasteiger partial charge in [-0.2, -0.15) is 0 Å². The largest absolute Gasteiger partial charge is 0.389 e. The Labute approximate surface area is 147 Å². The molecule has 1 atom stereocenters. The van der Waals surface area contributed by atoms with Crippen LogP contribution in [0.1, 0.15) is 0 Å². The monoisotopic (exact) mass is 363 g/mol. The van der Waals surface area contributed by atoms with Crippen molar-refractivity contribution in [2.75, 3.05) is 11.9 Å². The lowest BCUT2D eigenvalue weighted by molar-refractivity contribution is 0.168. The van der Waals surface area contributed by atoms with Crippen molar-refractivity contribution in [1.82, 2.24) is 18.7 Å². The van der Waals surface area contributed by atoms with Crippen molar-refractivity contribution in [3.8, 4) is 0 Å². The first-order valence-electron chi connectivity index (χ1n) is 7.67. The highest BCUT2D eigenvalue weighted by molar-refractivity contribution is 6.30. The second kappa shape index (κ2) is 6.73. The molecule has 0 amide bonds. The Hall–Kier alpha value is -2.58. The van der Waals surface area contributed by atoms with E-state index in [1.54, 1.807) is 23.7 Å². The molecular weight excluding hydrogens is 346 g/mol. The summed E-state index contributed by atoms with van der Waals surface area (Å²) in [6.45, 7) is 0.456. The average molecular weight is 364 g/mol. The number of nitrogens with zero attached hydrogens (tertiary/aromatic N) is 4. The highest BCUT2D eigenvalue weighted by Crippen LogP contribution is 2.13. The molecule has 0 unspecified atom stereocenters. The number of imidazole rings is 1. The van der Waals surface area contributed by atoms with E-state index in [1.165, 1.54) is 17.9 Å². The Morgan fingerprint density at radius 1 is 1.20 bits per heavy atom. The van der Waals surface area contributed by atoms with E-state index in [2.05, 4.69) is 10.3 Å². The minimum atomic E-state index is -0.755. The van der Waals surface area contributed by atoms with Crippen LogP contribution in [0.15, 0.2) is 40.2 Å². The molecule has 0 fully saturated rings. The van der Waals surface area contributed by atoms with Gasteiger partial charge in [-0.3, -0.25) is 13.9 Å². The maximum atomic E-state index is 12.4. The first-order valence-corrected chi connectivity index (χ1v) is 8.04. The Balaban J connectivity index is 1.80. The van der Waals surface area contributed by atoms with Gasteiger partial charge in [0.2, 0.25) is 0 Å². The highest BCUT2D eigenvalue weighted by Gasteiger charge is 2.16. The summed E-state index contributed by atoms with van der Waals surface area (Å²) in [7, 11) is 2.97. The van der Waals surface area contributed by atoms with Crippen molar-refractivity contribution in [2.24, 2.45) is 14.1 Å². The third-order valence-electron chi connectivity index (χ3n) is 4.01. The van der Waals surface area contributed by atoms with E-state index >= 15 is 0 Å². The van der Waals surface area contributed by atoms with E-state index in [0.29, 0.717) is 10.7 Å². The number of hydrogen-bond donors (Lipinski definition) is 2. The van der Waals surface area contributed by atoms with Gasteiger partial charge in [-0.05, 0) is 24.3 Å². The van der Waals surface area contributed by atoms with Crippen LogP contribution in [0.5, 0.6) is 0 Å². The molecule has 25 heavy (non-hydrogen) atoms. The van der Waals surface area contributed by atoms with Crippen LogP contribution >= 0.6 is 11.6 Å². The number of benzene rings is 1. The molecule has 3 rings (SSSR count). The van der Waals surface area contributed by atoms with Gasteiger partial charge in [0.25, 0.3) is 5.56 Å². The number of aliphatic hydroxyl groups is 1. The van der Waals surface area contributed by atoms with Crippen LogP contribution in [0.25, 0.3) is 11.2 Å². The lowest BCUT2D eigenvalue weighted by atomic mass is 10.3. The topological polar surface area (TPSA) is 94.1 Å². The number of aromatic nitrogens is 4. The third kappa shape index (κ3) is 3.31. The van der Waals surface area contributed by atoms with Gasteiger partial charge in [0.1, 0.15) is 0 Å². The number of rotatable bonds is 5. The van der Waals surface area contributed by atoms with Crippen molar-refractivity contribution in [1.29, 1.82) is 0 Å². The highest BCUT2D eigenvalue weighted by atomic mass is 35.5. The normalized spacial score (nSPS) is 12.5. The van der Waals surface area contributed by atoms with Crippen molar-refractivity contribution < 1.29 is 5.11 Å². The predicted molar refractivity (Wildman–Crippen MR) is 96.2 cm³/mol. The molecule has 132 valence electrons. The van der Waals surface area contributed by atoms with Crippen LogP contribution in [-0.2, 0) is 20.6 Å². The molecule has 0 aliphatic rings. The second-order valence-electron chi connectivity index (χ2n) is 5.82. The lowest BCUT2D eigenvalue weighted by Crippen LogP contribution is -2.38. The van der Waals surface area contributed by atoms with E-state index in [9.17, 15) is 14.7 Å². The van der Waals surface area contributed by atoms with E-state index in [4.69, 9.17) is 11.6 Å². The molecule has 0 saturated heterocycles. The second-order valence-corrected chi connectivity index (χ2v) is 6.25. The summed E-state index contributed by atoms with van der Waals surface area (Å²) in [5, 5.41) is 14.0. The third-order valence-corrected chi connectivity index (χ3v) is 4.26. The zero-order valence-corrected chi connectivity index (χ0v) is 14.6. The first-order chi connectivity index (χ1) is 11.9. The van der Waals surface area contributed by atoms with Gasteiger partial charge in [0, 0.05) is 31.4 Å². The molecule has 0 spiro atoms. The fraction of sp³-hybridized carbons (Fsp3) is 0.312. The maximum absolute atomic E-state index is 12.4. The molecule has 0 saturated carbocycles. The number of hydrogen-bond acceptors (Lipinski definition) is 5. The van der Waals surface area contributed by atoms with Crippen LogP contribution in [-0.4, -0.2) is 36.4 Å². The summed E-state index contributed by atoms with van der Waals surface area (Å²) in [5.41, 5.74) is 0.541. The molecule has 1 aromatic carbocycles. The minimum Gasteiger partial charge on any atom is -0.389 e. The van der Waals surface area contributed by atoms with E-state index < -0.39 is 17.4 Å². The van der Waals surface area contributed by atoms with Crippen LogP contribution in [0.4, 0.5) is 5.69 Å². The van der Waals surface area contributed by atoms with Crippen molar-refractivity contribution in [2.45, 2.75) is 12.6 Å². The first kappa shape index (κ1) is 17.2. The molecule has 8 nitrogen and oxygen atoms in total. The smallest absolute Gasteiger partial charge is 0.332 e. The van der Waals surface area contributed by atoms with Crippen LogP contribution < -0.4 is 16.6 Å². The average Bonchev–Trinajstić information content (AvgIpc) is 3.01. The fourth-order valence-corrected chi connectivity index (χ4v) is 2.76. The van der Waals surface area contributed by atoms with E-state index in [-0.39, 0.29) is 18.6 Å². The molecule has 3 aromatic rings. The fourth-order valence-electron chi connectivity index (χ4n) is 2.63. The summed E-state index contributed by atoms with van der Waals surface area (Å²) in [5.74, 6) is 0. The molecule has 2 N–H and O–H groups in total. The van der Waals surface area contributed by atoms with Gasteiger partial charge >= 0.3 is 5.69 Å². The number of anilines is 1. The van der Waals surface area contributed by atoms with Crippen LogP contribution in [0.2, 0.25) is 5.02 Å². The van der Waals surface area contributed by atoms with Gasteiger partial charge < -0.3 is 15.0 Å². The number of nitrogens with one attached hydrogen (secondary N) is 1. The SMILES string of the molecule is Cn1c(=O)c2c(ncn2C[C@H](O)CNc2ccc(Cl)cc2)n(C)c1=O. The zero-order valence-electron chi connectivity index (χ0n) is 13.8. The summed E-state index contributed by atoms with van der Waals surface area (Å²) in [6, 6.07) is 7.13. The van der Waals surface area contributed by atoms with E-state index in [0.717, 1.165) is 10.3 Å². The van der Waals surface area contributed by atoms with Crippen LogP contribution in [0, 0.1) is 0 Å². The predicted octanol–water partition coefficient (Wildman–Crippen LogP) is 0.560. The molecule has 0 aliphatic heterocycles. The van der Waals surface area contributed by atoms with Crippen molar-refractivity contribution in [3.05, 3.63) is 56.5 Å². The molecule has 0 aliphatic carbocycles.